The second kappa shape index (κ2) is 11.3. The molecular weight excluding hydrogens is 426 g/mol. The summed E-state index contributed by atoms with van der Waals surface area (Å²) in [5.41, 5.74) is 2.80. The molecule has 0 atom stereocenters. The molecule has 1 aliphatic rings. The Morgan fingerprint density at radius 1 is 1.25 bits per heavy atom. The Morgan fingerprint density at radius 2 is 2.00 bits per heavy atom. The third-order valence-corrected chi connectivity index (χ3v) is 5.66. The summed E-state index contributed by atoms with van der Waals surface area (Å²) in [7, 11) is 1.63. The van der Waals surface area contributed by atoms with Gasteiger partial charge in [-0.3, -0.25) is 4.79 Å². The quantitative estimate of drug-likeness (QED) is 0.604. The maximum atomic E-state index is 12.5. The van der Waals surface area contributed by atoms with E-state index >= 15 is 0 Å². The topological polar surface area (TPSA) is 82.3 Å². The predicted octanol–water partition coefficient (Wildman–Crippen LogP) is 3.63. The van der Waals surface area contributed by atoms with E-state index < -0.39 is 0 Å². The van der Waals surface area contributed by atoms with Crippen molar-refractivity contribution in [3.8, 4) is 6.07 Å². The molecule has 32 heavy (non-hydrogen) atoms. The molecule has 8 heteroatoms. The van der Waals surface area contributed by atoms with Crippen LogP contribution in [0.4, 0.5) is 5.82 Å². The molecular formula is C24H30ClN5O2. The van der Waals surface area contributed by atoms with E-state index in [-0.39, 0.29) is 12.3 Å². The van der Waals surface area contributed by atoms with Crippen LogP contribution in [0.1, 0.15) is 42.9 Å². The number of piperazine rings is 1. The van der Waals surface area contributed by atoms with Crippen molar-refractivity contribution in [2.24, 2.45) is 5.92 Å². The van der Waals surface area contributed by atoms with Crippen LogP contribution in [-0.2, 0) is 29.0 Å². The number of hydrogen-bond acceptors (Lipinski definition) is 6. The van der Waals surface area contributed by atoms with Gasteiger partial charge < -0.3 is 14.5 Å². The number of ether oxygens (including phenoxy) is 1. The number of nitrogens with zero attached hydrogens (tertiary/aromatic N) is 5. The first-order valence-electron chi connectivity index (χ1n) is 10.9. The number of nitriles is 1. The van der Waals surface area contributed by atoms with Gasteiger partial charge in [0.15, 0.2) is 0 Å². The molecule has 1 aliphatic heterocycles. The second-order valence-corrected chi connectivity index (χ2v) is 8.87. The van der Waals surface area contributed by atoms with Crippen molar-refractivity contribution < 1.29 is 9.53 Å². The number of hydrogen-bond donors (Lipinski definition) is 0. The summed E-state index contributed by atoms with van der Waals surface area (Å²) < 4.78 is 5.42. The second-order valence-electron chi connectivity index (χ2n) is 8.43. The lowest BCUT2D eigenvalue weighted by Gasteiger charge is -2.37. The van der Waals surface area contributed by atoms with Crippen molar-refractivity contribution in [3.63, 3.8) is 0 Å². The van der Waals surface area contributed by atoms with E-state index in [1.165, 1.54) is 0 Å². The van der Waals surface area contributed by atoms with Gasteiger partial charge >= 0.3 is 0 Å². The highest BCUT2D eigenvalue weighted by atomic mass is 35.5. The zero-order valence-electron chi connectivity index (χ0n) is 19.0. The third-order valence-electron chi connectivity index (χ3n) is 5.42. The lowest BCUT2D eigenvalue weighted by molar-refractivity contribution is -0.132. The summed E-state index contributed by atoms with van der Waals surface area (Å²) in [5, 5.41) is 9.89. The fourth-order valence-electron chi connectivity index (χ4n) is 3.91. The van der Waals surface area contributed by atoms with Gasteiger partial charge in [-0.15, -0.1) is 0 Å². The molecule has 0 N–H and O–H groups in total. The monoisotopic (exact) mass is 455 g/mol. The van der Waals surface area contributed by atoms with Crippen molar-refractivity contribution in [3.05, 3.63) is 51.9 Å². The first kappa shape index (κ1) is 24.0. The molecule has 0 spiro atoms. The molecule has 7 nitrogen and oxygen atoms in total. The van der Waals surface area contributed by atoms with Crippen LogP contribution < -0.4 is 4.90 Å². The summed E-state index contributed by atoms with van der Waals surface area (Å²) in [6, 6.07) is 9.89. The van der Waals surface area contributed by atoms with E-state index in [0.717, 1.165) is 22.6 Å². The van der Waals surface area contributed by atoms with Gasteiger partial charge in [-0.05, 0) is 23.6 Å². The molecule has 0 saturated carbocycles. The van der Waals surface area contributed by atoms with Crippen LogP contribution in [0, 0.1) is 17.2 Å². The van der Waals surface area contributed by atoms with E-state index in [4.69, 9.17) is 21.3 Å². The highest BCUT2D eigenvalue weighted by Gasteiger charge is 2.26. The van der Waals surface area contributed by atoms with Gasteiger partial charge in [0, 0.05) is 56.7 Å². The SMILES string of the molecule is COCc1nc(CC#N)nc(N2CCN(C(=O)CC(C)C)CC2)c1Cc1cccc(Cl)c1. The Balaban J connectivity index is 1.92. The van der Waals surface area contributed by atoms with Crippen molar-refractivity contribution >= 4 is 23.3 Å². The smallest absolute Gasteiger partial charge is 0.222 e. The zero-order valence-corrected chi connectivity index (χ0v) is 19.7. The molecule has 1 fully saturated rings. The molecule has 0 aliphatic carbocycles. The lowest BCUT2D eigenvalue weighted by Crippen LogP contribution is -2.49. The van der Waals surface area contributed by atoms with E-state index in [1.807, 2.05) is 29.2 Å². The Kier molecular flexibility index (Phi) is 8.43. The van der Waals surface area contributed by atoms with Crippen molar-refractivity contribution in [2.45, 2.75) is 39.7 Å². The maximum absolute atomic E-state index is 12.5. The van der Waals surface area contributed by atoms with E-state index in [1.54, 1.807) is 7.11 Å². The number of rotatable bonds is 8. The fourth-order valence-corrected chi connectivity index (χ4v) is 4.13. The number of methoxy groups -OCH3 is 1. The van der Waals surface area contributed by atoms with Crippen LogP contribution in [0.25, 0.3) is 0 Å². The number of anilines is 1. The summed E-state index contributed by atoms with van der Waals surface area (Å²) in [6.45, 7) is 7.12. The third kappa shape index (κ3) is 6.18. The molecule has 3 rings (SSSR count). The van der Waals surface area contributed by atoms with E-state index in [9.17, 15) is 10.1 Å². The highest BCUT2D eigenvalue weighted by molar-refractivity contribution is 6.30. The minimum Gasteiger partial charge on any atom is -0.378 e. The van der Waals surface area contributed by atoms with Crippen LogP contribution in [0.15, 0.2) is 24.3 Å². The minimum absolute atomic E-state index is 0.133. The molecule has 1 aromatic heterocycles. The zero-order chi connectivity index (χ0) is 23.1. The van der Waals surface area contributed by atoms with Crippen LogP contribution >= 0.6 is 11.6 Å². The number of carbonyl (C=O) groups excluding carboxylic acids is 1. The van der Waals surface area contributed by atoms with Gasteiger partial charge in [-0.25, -0.2) is 9.97 Å². The van der Waals surface area contributed by atoms with Gasteiger partial charge in [-0.2, -0.15) is 5.26 Å². The molecule has 170 valence electrons. The summed E-state index contributed by atoms with van der Waals surface area (Å²) >= 11 is 6.21. The van der Waals surface area contributed by atoms with Gasteiger partial charge in [0.1, 0.15) is 11.6 Å². The van der Waals surface area contributed by atoms with Crippen LogP contribution in [-0.4, -0.2) is 54.1 Å². The molecule has 1 saturated heterocycles. The fraction of sp³-hybridized carbons (Fsp3) is 0.500. The number of halogens is 1. The van der Waals surface area contributed by atoms with Crippen molar-refractivity contribution in [1.82, 2.24) is 14.9 Å². The Hall–Kier alpha value is -2.69. The van der Waals surface area contributed by atoms with Crippen LogP contribution in [0.3, 0.4) is 0 Å². The normalized spacial score (nSPS) is 14.0. The number of carbonyl (C=O) groups is 1. The van der Waals surface area contributed by atoms with Gasteiger partial charge in [-0.1, -0.05) is 37.6 Å². The van der Waals surface area contributed by atoms with Gasteiger partial charge in [0.05, 0.1) is 24.8 Å². The predicted molar refractivity (Wildman–Crippen MR) is 125 cm³/mol. The standard InChI is InChI=1S/C24H30ClN5O2/c1-17(2)13-23(31)29-9-11-30(12-10-29)24-20(15-18-5-4-6-19(25)14-18)21(16-32-3)27-22(28-24)7-8-26/h4-6,14,17H,7,9-13,15-16H2,1-3H3. The average molecular weight is 456 g/mol. The number of aromatic nitrogens is 2. The molecule has 0 radical (unpaired) electrons. The van der Waals surface area contributed by atoms with Crippen molar-refractivity contribution in [1.29, 1.82) is 5.26 Å². The molecule has 0 unspecified atom stereocenters. The molecule has 2 heterocycles. The van der Waals surface area contributed by atoms with E-state index in [0.29, 0.717) is 62.4 Å². The Labute approximate surface area is 195 Å². The molecule has 1 aromatic carbocycles. The van der Waals surface area contributed by atoms with Crippen LogP contribution in [0.5, 0.6) is 0 Å². The number of amides is 1. The summed E-state index contributed by atoms with van der Waals surface area (Å²) in [4.78, 5) is 26.0. The highest BCUT2D eigenvalue weighted by Crippen LogP contribution is 2.27. The Bertz CT molecular complexity index is 981. The molecule has 0 bridgehead atoms. The lowest BCUT2D eigenvalue weighted by atomic mass is 10.0. The first-order chi connectivity index (χ1) is 15.4. The Morgan fingerprint density at radius 3 is 2.62 bits per heavy atom. The van der Waals surface area contributed by atoms with Gasteiger partial charge in [0.25, 0.3) is 0 Å². The van der Waals surface area contributed by atoms with E-state index in [2.05, 4.69) is 29.8 Å². The minimum atomic E-state index is 0.133. The first-order valence-corrected chi connectivity index (χ1v) is 11.3. The largest absolute Gasteiger partial charge is 0.378 e. The number of benzene rings is 1. The van der Waals surface area contributed by atoms with Gasteiger partial charge in [0.2, 0.25) is 5.91 Å². The summed E-state index contributed by atoms with van der Waals surface area (Å²) in [5.74, 6) is 1.85. The maximum Gasteiger partial charge on any atom is 0.222 e. The van der Waals surface area contributed by atoms with Crippen LogP contribution in [0.2, 0.25) is 5.02 Å². The molecule has 1 amide bonds. The molecule has 2 aromatic rings. The van der Waals surface area contributed by atoms with Crippen molar-refractivity contribution in [2.75, 3.05) is 38.2 Å². The summed E-state index contributed by atoms with van der Waals surface area (Å²) in [6.07, 6.45) is 1.31. The average Bonchev–Trinajstić information content (AvgIpc) is 2.75.